The first-order valence-electron chi connectivity index (χ1n) is 9.73. The number of carbonyl (C=O) groups is 1. The highest BCUT2D eigenvalue weighted by Gasteiger charge is 2.23. The SMILES string of the molecule is CCCN(CCc1cccc(F)c1)C(=O)C[C@H](c1ccccc1)c1ncc[nH]1. The van der Waals surface area contributed by atoms with Crippen LogP contribution in [0.15, 0.2) is 67.0 Å². The molecule has 0 fully saturated rings. The van der Waals surface area contributed by atoms with Gasteiger partial charge in [-0.15, -0.1) is 0 Å². The second kappa shape index (κ2) is 9.83. The van der Waals surface area contributed by atoms with Crippen molar-refractivity contribution >= 4 is 5.91 Å². The summed E-state index contributed by atoms with van der Waals surface area (Å²) < 4.78 is 13.4. The predicted molar refractivity (Wildman–Crippen MR) is 108 cm³/mol. The summed E-state index contributed by atoms with van der Waals surface area (Å²) in [6, 6.07) is 16.5. The second-order valence-electron chi connectivity index (χ2n) is 6.90. The third-order valence-corrected chi connectivity index (χ3v) is 4.84. The number of hydrogen-bond acceptors (Lipinski definition) is 2. The Labute approximate surface area is 165 Å². The van der Waals surface area contributed by atoms with Crippen LogP contribution in [0.2, 0.25) is 0 Å². The van der Waals surface area contributed by atoms with Gasteiger partial charge in [0.05, 0.1) is 5.92 Å². The van der Waals surface area contributed by atoms with Gasteiger partial charge in [-0.25, -0.2) is 9.37 Å². The molecule has 28 heavy (non-hydrogen) atoms. The van der Waals surface area contributed by atoms with Crippen molar-refractivity contribution in [2.24, 2.45) is 0 Å². The molecule has 1 atom stereocenters. The minimum atomic E-state index is -0.243. The van der Waals surface area contributed by atoms with Crippen molar-refractivity contribution < 1.29 is 9.18 Å². The highest BCUT2D eigenvalue weighted by Crippen LogP contribution is 2.26. The number of benzene rings is 2. The van der Waals surface area contributed by atoms with Crippen molar-refractivity contribution in [3.8, 4) is 0 Å². The summed E-state index contributed by atoms with van der Waals surface area (Å²) in [7, 11) is 0. The lowest BCUT2D eigenvalue weighted by atomic mass is 9.94. The number of nitrogens with one attached hydrogen (secondary N) is 1. The Morgan fingerprint density at radius 1 is 1.14 bits per heavy atom. The summed E-state index contributed by atoms with van der Waals surface area (Å²) in [5, 5.41) is 0. The van der Waals surface area contributed by atoms with E-state index >= 15 is 0 Å². The highest BCUT2D eigenvalue weighted by atomic mass is 19.1. The first-order valence-corrected chi connectivity index (χ1v) is 9.73. The van der Waals surface area contributed by atoms with E-state index in [1.54, 1.807) is 18.5 Å². The fourth-order valence-corrected chi connectivity index (χ4v) is 3.42. The van der Waals surface area contributed by atoms with E-state index in [-0.39, 0.29) is 17.6 Å². The number of halogens is 1. The topological polar surface area (TPSA) is 49.0 Å². The zero-order valence-corrected chi connectivity index (χ0v) is 16.1. The van der Waals surface area contributed by atoms with E-state index < -0.39 is 0 Å². The van der Waals surface area contributed by atoms with Gasteiger partial charge >= 0.3 is 0 Å². The zero-order valence-electron chi connectivity index (χ0n) is 16.1. The molecule has 0 saturated carbocycles. The number of rotatable bonds is 9. The number of aromatic nitrogens is 2. The standard InChI is InChI=1S/C23H26FN3O/c1-2-14-27(15-11-18-7-6-10-20(24)16-18)22(28)17-21(23-25-12-13-26-23)19-8-4-3-5-9-19/h3-10,12-13,16,21H,2,11,14-15,17H2,1H3,(H,25,26)/t21-/m1/s1. The van der Waals surface area contributed by atoms with Gasteiger partial charge in [-0.2, -0.15) is 0 Å². The van der Waals surface area contributed by atoms with Crippen molar-refractivity contribution in [3.05, 3.63) is 89.8 Å². The number of amides is 1. The lowest BCUT2D eigenvalue weighted by molar-refractivity contribution is -0.131. The average molecular weight is 379 g/mol. The Kier molecular flexibility index (Phi) is 6.95. The van der Waals surface area contributed by atoms with Gasteiger partial charge in [-0.05, 0) is 36.1 Å². The number of aromatic amines is 1. The monoisotopic (exact) mass is 379 g/mol. The summed E-state index contributed by atoms with van der Waals surface area (Å²) in [4.78, 5) is 22.5. The van der Waals surface area contributed by atoms with Crippen LogP contribution in [0.4, 0.5) is 4.39 Å². The Balaban J connectivity index is 1.72. The Morgan fingerprint density at radius 2 is 1.96 bits per heavy atom. The third kappa shape index (κ3) is 5.28. The van der Waals surface area contributed by atoms with E-state index in [2.05, 4.69) is 16.9 Å². The molecule has 0 aliphatic rings. The van der Waals surface area contributed by atoms with Crippen LogP contribution in [0, 0.1) is 5.82 Å². The first-order chi connectivity index (χ1) is 13.7. The lowest BCUT2D eigenvalue weighted by Crippen LogP contribution is -2.34. The summed E-state index contributed by atoms with van der Waals surface area (Å²) >= 11 is 0. The van der Waals surface area contributed by atoms with E-state index in [4.69, 9.17) is 0 Å². The molecule has 1 amide bonds. The molecule has 4 nitrogen and oxygen atoms in total. The molecule has 0 radical (unpaired) electrons. The molecule has 0 bridgehead atoms. The van der Waals surface area contributed by atoms with Crippen LogP contribution in [-0.2, 0) is 11.2 Å². The van der Waals surface area contributed by atoms with E-state index in [0.717, 1.165) is 23.4 Å². The van der Waals surface area contributed by atoms with E-state index in [1.165, 1.54) is 12.1 Å². The van der Waals surface area contributed by atoms with Crippen LogP contribution in [0.3, 0.4) is 0 Å². The maximum atomic E-state index is 13.4. The maximum Gasteiger partial charge on any atom is 0.223 e. The van der Waals surface area contributed by atoms with Gasteiger partial charge < -0.3 is 9.88 Å². The quantitative estimate of drug-likeness (QED) is 0.593. The van der Waals surface area contributed by atoms with Crippen molar-refractivity contribution in [2.75, 3.05) is 13.1 Å². The van der Waals surface area contributed by atoms with Gasteiger partial charge in [0.15, 0.2) is 0 Å². The van der Waals surface area contributed by atoms with Crippen LogP contribution in [-0.4, -0.2) is 33.9 Å². The highest BCUT2D eigenvalue weighted by molar-refractivity contribution is 5.77. The Hall–Kier alpha value is -2.95. The van der Waals surface area contributed by atoms with E-state index in [0.29, 0.717) is 25.9 Å². The first kappa shape index (κ1) is 19.8. The Morgan fingerprint density at radius 3 is 2.64 bits per heavy atom. The molecule has 3 aromatic rings. The number of carbonyl (C=O) groups excluding carboxylic acids is 1. The summed E-state index contributed by atoms with van der Waals surface area (Å²) in [5.41, 5.74) is 1.96. The second-order valence-corrected chi connectivity index (χ2v) is 6.90. The lowest BCUT2D eigenvalue weighted by Gasteiger charge is -2.25. The molecule has 146 valence electrons. The molecule has 0 unspecified atom stereocenters. The molecule has 0 aliphatic carbocycles. The van der Waals surface area contributed by atoms with E-state index in [1.807, 2.05) is 41.3 Å². The summed E-state index contributed by atoms with van der Waals surface area (Å²) in [5.74, 6) is 0.523. The molecule has 1 heterocycles. The van der Waals surface area contributed by atoms with Crippen molar-refractivity contribution in [1.29, 1.82) is 0 Å². The molecule has 2 aromatic carbocycles. The Bertz CT molecular complexity index is 865. The number of hydrogen-bond donors (Lipinski definition) is 1. The van der Waals surface area contributed by atoms with Gasteiger partial charge in [0.25, 0.3) is 0 Å². The van der Waals surface area contributed by atoms with Gasteiger partial charge in [0.1, 0.15) is 11.6 Å². The van der Waals surface area contributed by atoms with Crippen molar-refractivity contribution in [2.45, 2.75) is 32.1 Å². The minimum absolute atomic E-state index is 0.0866. The van der Waals surface area contributed by atoms with Crippen LogP contribution < -0.4 is 0 Å². The molecule has 3 rings (SSSR count). The van der Waals surface area contributed by atoms with Crippen LogP contribution in [0.1, 0.15) is 42.6 Å². The van der Waals surface area contributed by atoms with Crippen molar-refractivity contribution in [3.63, 3.8) is 0 Å². The maximum absolute atomic E-state index is 13.4. The van der Waals surface area contributed by atoms with Gasteiger partial charge in [-0.3, -0.25) is 4.79 Å². The fraction of sp³-hybridized carbons (Fsp3) is 0.304. The average Bonchev–Trinajstić information content (AvgIpc) is 3.24. The fourth-order valence-electron chi connectivity index (χ4n) is 3.42. The van der Waals surface area contributed by atoms with E-state index in [9.17, 15) is 9.18 Å². The summed E-state index contributed by atoms with van der Waals surface area (Å²) in [6.45, 7) is 3.33. The van der Waals surface area contributed by atoms with Crippen molar-refractivity contribution in [1.82, 2.24) is 14.9 Å². The predicted octanol–water partition coefficient (Wildman–Crippen LogP) is 4.55. The molecule has 0 spiro atoms. The normalized spacial score (nSPS) is 11.9. The molecule has 0 saturated heterocycles. The molecular formula is C23H26FN3O. The van der Waals surface area contributed by atoms with Gasteiger partial charge in [0.2, 0.25) is 5.91 Å². The number of nitrogens with zero attached hydrogens (tertiary/aromatic N) is 2. The molecular weight excluding hydrogens is 353 g/mol. The third-order valence-electron chi connectivity index (χ3n) is 4.84. The molecule has 1 N–H and O–H groups in total. The van der Waals surface area contributed by atoms with Crippen LogP contribution in [0.25, 0.3) is 0 Å². The van der Waals surface area contributed by atoms with Gasteiger partial charge in [-0.1, -0.05) is 49.4 Å². The number of H-pyrrole nitrogens is 1. The van der Waals surface area contributed by atoms with Crippen LogP contribution >= 0.6 is 0 Å². The summed E-state index contributed by atoms with van der Waals surface area (Å²) in [6.07, 6.45) is 5.36. The molecule has 0 aliphatic heterocycles. The number of imidazole rings is 1. The smallest absolute Gasteiger partial charge is 0.223 e. The zero-order chi connectivity index (χ0) is 19.8. The molecule has 1 aromatic heterocycles. The largest absolute Gasteiger partial charge is 0.348 e. The van der Waals surface area contributed by atoms with Crippen LogP contribution in [0.5, 0.6) is 0 Å². The van der Waals surface area contributed by atoms with Gasteiger partial charge in [0, 0.05) is 31.9 Å². The molecule has 5 heteroatoms. The minimum Gasteiger partial charge on any atom is -0.348 e.